The first kappa shape index (κ1) is 12.2. The molecule has 0 radical (unpaired) electrons. The molecular formula is C15H10INO2. The molecule has 0 saturated carbocycles. The Morgan fingerprint density at radius 3 is 2.74 bits per heavy atom. The molecule has 3 nitrogen and oxygen atoms in total. The topological polar surface area (TPSA) is 42.4 Å². The smallest absolute Gasteiger partial charge is 0.227 e. The number of hydrogen-bond acceptors (Lipinski definition) is 3. The Balaban J connectivity index is 2.10. The van der Waals surface area contributed by atoms with Crippen molar-refractivity contribution in [2.24, 2.45) is 0 Å². The summed E-state index contributed by atoms with van der Waals surface area (Å²) in [4.78, 5) is 4.25. The Kier molecular flexibility index (Phi) is 3.25. The number of rotatable bonds is 2. The van der Waals surface area contributed by atoms with Crippen molar-refractivity contribution in [3.63, 3.8) is 0 Å². The molecule has 1 heterocycles. The first-order chi connectivity index (χ1) is 9.24. The highest BCUT2D eigenvalue weighted by atomic mass is 127. The van der Waals surface area contributed by atoms with Gasteiger partial charge in [-0.05, 0) is 58.3 Å². The number of para-hydroxylation sites is 1. The van der Waals surface area contributed by atoms with Crippen LogP contribution in [0.3, 0.4) is 0 Å². The van der Waals surface area contributed by atoms with Gasteiger partial charge < -0.3 is 9.84 Å². The quantitative estimate of drug-likeness (QED) is 0.689. The van der Waals surface area contributed by atoms with E-state index in [0.717, 1.165) is 20.1 Å². The zero-order chi connectivity index (χ0) is 13.2. The maximum Gasteiger partial charge on any atom is 0.227 e. The molecule has 0 bridgehead atoms. The minimum absolute atomic E-state index is 0.202. The second-order valence-corrected chi connectivity index (χ2v) is 5.22. The zero-order valence-corrected chi connectivity index (χ0v) is 12.0. The lowest BCUT2D eigenvalue weighted by atomic mass is 10.1. The van der Waals surface area contributed by atoms with E-state index >= 15 is 0 Å². The van der Waals surface area contributed by atoms with Crippen molar-refractivity contribution in [1.29, 1.82) is 0 Å². The molecule has 0 atom stereocenters. The number of hydrogen-bond donors (Lipinski definition) is 1. The van der Waals surface area contributed by atoms with Gasteiger partial charge in [0.1, 0.15) is 11.5 Å². The molecule has 19 heavy (non-hydrogen) atoms. The number of benzene rings is 2. The number of fused-ring (bicyclic) bond motifs is 1. The van der Waals surface area contributed by atoms with Crippen molar-refractivity contribution in [3.8, 4) is 17.4 Å². The number of halogens is 1. The average molecular weight is 363 g/mol. The van der Waals surface area contributed by atoms with E-state index in [9.17, 15) is 5.11 Å². The standard InChI is InChI=1S/C15H10INO2/c16-13-3-1-2-4-14(13)19-15-12-9-11(18)6-5-10(12)7-8-17-15/h1-9,18H. The molecule has 0 fully saturated rings. The van der Waals surface area contributed by atoms with Crippen molar-refractivity contribution in [2.75, 3.05) is 0 Å². The summed E-state index contributed by atoms with van der Waals surface area (Å²) in [5, 5.41) is 11.4. The summed E-state index contributed by atoms with van der Waals surface area (Å²) in [6.45, 7) is 0. The molecule has 0 aliphatic heterocycles. The van der Waals surface area contributed by atoms with Gasteiger partial charge in [-0.15, -0.1) is 0 Å². The first-order valence-electron chi connectivity index (χ1n) is 5.74. The highest BCUT2D eigenvalue weighted by molar-refractivity contribution is 14.1. The third-order valence-corrected chi connectivity index (χ3v) is 3.65. The van der Waals surface area contributed by atoms with Crippen LogP contribution in [-0.4, -0.2) is 10.1 Å². The molecule has 4 heteroatoms. The van der Waals surface area contributed by atoms with Crippen molar-refractivity contribution in [2.45, 2.75) is 0 Å². The number of phenolic OH excluding ortho intramolecular Hbond substituents is 1. The molecule has 3 aromatic rings. The van der Waals surface area contributed by atoms with Gasteiger partial charge >= 0.3 is 0 Å². The normalized spacial score (nSPS) is 10.6. The van der Waals surface area contributed by atoms with Gasteiger partial charge in [0.05, 0.1) is 3.57 Å². The second kappa shape index (κ2) is 5.05. The largest absolute Gasteiger partial charge is 0.508 e. The molecule has 0 amide bonds. The first-order valence-corrected chi connectivity index (χ1v) is 6.82. The maximum atomic E-state index is 9.59. The van der Waals surface area contributed by atoms with Crippen LogP contribution >= 0.6 is 22.6 Å². The van der Waals surface area contributed by atoms with Gasteiger partial charge in [-0.2, -0.15) is 0 Å². The van der Waals surface area contributed by atoms with Crippen LogP contribution in [0.4, 0.5) is 0 Å². The van der Waals surface area contributed by atoms with Crippen LogP contribution in [0.15, 0.2) is 54.7 Å². The van der Waals surface area contributed by atoms with Gasteiger partial charge in [0.25, 0.3) is 0 Å². The van der Waals surface area contributed by atoms with Crippen LogP contribution in [0, 0.1) is 3.57 Å². The zero-order valence-electron chi connectivity index (χ0n) is 9.88. The second-order valence-electron chi connectivity index (χ2n) is 4.05. The van der Waals surface area contributed by atoms with E-state index in [-0.39, 0.29) is 5.75 Å². The monoisotopic (exact) mass is 363 g/mol. The van der Waals surface area contributed by atoms with Gasteiger partial charge in [-0.3, -0.25) is 0 Å². The molecule has 0 spiro atoms. The summed E-state index contributed by atoms with van der Waals surface area (Å²) in [7, 11) is 0. The van der Waals surface area contributed by atoms with E-state index in [0.29, 0.717) is 5.88 Å². The van der Waals surface area contributed by atoms with Crippen LogP contribution in [-0.2, 0) is 0 Å². The summed E-state index contributed by atoms with van der Waals surface area (Å²) in [5.74, 6) is 1.46. The molecule has 1 aromatic heterocycles. The van der Waals surface area contributed by atoms with Crippen LogP contribution in [0.2, 0.25) is 0 Å². The number of ether oxygens (including phenoxy) is 1. The number of aromatic nitrogens is 1. The van der Waals surface area contributed by atoms with Crippen molar-refractivity contribution >= 4 is 33.4 Å². The molecular weight excluding hydrogens is 353 g/mol. The molecule has 0 saturated heterocycles. The van der Waals surface area contributed by atoms with E-state index < -0.39 is 0 Å². The number of pyridine rings is 1. The van der Waals surface area contributed by atoms with Gasteiger partial charge in [0, 0.05) is 11.6 Å². The predicted molar refractivity (Wildman–Crippen MR) is 82.6 cm³/mol. The minimum atomic E-state index is 0.202. The van der Waals surface area contributed by atoms with E-state index in [2.05, 4.69) is 27.6 Å². The summed E-state index contributed by atoms with van der Waals surface area (Å²) >= 11 is 2.22. The molecule has 3 rings (SSSR count). The van der Waals surface area contributed by atoms with Crippen LogP contribution in [0.25, 0.3) is 10.8 Å². The van der Waals surface area contributed by atoms with E-state index in [1.165, 1.54) is 0 Å². The van der Waals surface area contributed by atoms with E-state index in [4.69, 9.17) is 4.74 Å². The molecule has 1 N–H and O–H groups in total. The van der Waals surface area contributed by atoms with Gasteiger partial charge in [0.15, 0.2) is 0 Å². The number of aromatic hydroxyl groups is 1. The van der Waals surface area contributed by atoms with Crippen LogP contribution in [0.5, 0.6) is 17.4 Å². The SMILES string of the molecule is Oc1ccc2ccnc(Oc3ccccc3I)c2c1. The molecule has 0 unspecified atom stereocenters. The van der Waals surface area contributed by atoms with Gasteiger partial charge in [-0.25, -0.2) is 4.98 Å². The lowest BCUT2D eigenvalue weighted by Gasteiger charge is -2.09. The third kappa shape index (κ3) is 2.49. The fraction of sp³-hybridized carbons (Fsp3) is 0. The number of phenols is 1. The van der Waals surface area contributed by atoms with Crippen molar-refractivity contribution in [3.05, 3.63) is 58.3 Å². The summed E-state index contributed by atoms with van der Waals surface area (Å²) in [5.41, 5.74) is 0. The highest BCUT2D eigenvalue weighted by Crippen LogP contribution is 2.31. The Bertz CT molecular complexity index is 743. The Hall–Kier alpha value is -1.82. The fourth-order valence-electron chi connectivity index (χ4n) is 1.84. The van der Waals surface area contributed by atoms with Crippen LogP contribution in [0.1, 0.15) is 0 Å². The lowest BCUT2D eigenvalue weighted by Crippen LogP contribution is -1.91. The predicted octanol–water partition coefficient (Wildman–Crippen LogP) is 4.34. The Labute approximate surface area is 124 Å². The van der Waals surface area contributed by atoms with Crippen molar-refractivity contribution in [1.82, 2.24) is 4.98 Å². The lowest BCUT2D eigenvalue weighted by molar-refractivity contribution is 0.463. The minimum Gasteiger partial charge on any atom is -0.508 e. The van der Waals surface area contributed by atoms with E-state index in [1.807, 2.05) is 36.4 Å². The molecule has 2 aromatic carbocycles. The Morgan fingerprint density at radius 1 is 1.05 bits per heavy atom. The summed E-state index contributed by atoms with van der Waals surface area (Å²) in [6, 6.07) is 14.8. The Morgan fingerprint density at radius 2 is 1.89 bits per heavy atom. The molecule has 94 valence electrons. The van der Waals surface area contributed by atoms with Gasteiger partial charge in [-0.1, -0.05) is 18.2 Å². The third-order valence-electron chi connectivity index (χ3n) is 2.76. The summed E-state index contributed by atoms with van der Waals surface area (Å²) < 4.78 is 6.86. The summed E-state index contributed by atoms with van der Waals surface area (Å²) in [6.07, 6.45) is 1.70. The average Bonchev–Trinajstić information content (AvgIpc) is 2.42. The van der Waals surface area contributed by atoms with E-state index in [1.54, 1.807) is 18.3 Å². The van der Waals surface area contributed by atoms with Crippen LogP contribution < -0.4 is 4.74 Å². The van der Waals surface area contributed by atoms with Gasteiger partial charge in [0.2, 0.25) is 5.88 Å². The highest BCUT2D eigenvalue weighted by Gasteiger charge is 2.07. The van der Waals surface area contributed by atoms with Crippen molar-refractivity contribution < 1.29 is 9.84 Å². The fourth-order valence-corrected chi connectivity index (χ4v) is 2.34. The molecule has 0 aliphatic carbocycles. The molecule has 0 aliphatic rings. The maximum absolute atomic E-state index is 9.59. The number of nitrogens with zero attached hydrogens (tertiary/aromatic N) is 1.